The quantitative estimate of drug-likeness (QED) is 0.444. The minimum Gasteiger partial charge on any atom is -0.506 e. The molecule has 4 aromatic rings. The zero-order valence-electron chi connectivity index (χ0n) is 18.2. The third-order valence-corrected chi connectivity index (χ3v) is 5.80. The van der Waals surface area contributed by atoms with Crippen LogP contribution in [0.4, 0.5) is 5.69 Å². The monoisotopic (exact) mass is 442 g/mol. The molecular weight excluding hydrogens is 420 g/mol. The Bertz CT molecular complexity index is 1410. The average molecular weight is 442 g/mol. The first-order chi connectivity index (χ1) is 16.1. The lowest BCUT2D eigenvalue weighted by molar-refractivity contribution is 0.354. The van der Waals surface area contributed by atoms with Gasteiger partial charge in [-0.25, -0.2) is 4.79 Å². The van der Waals surface area contributed by atoms with Crippen molar-refractivity contribution in [2.24, 2.45) is 5.10 Å². The van der Waals surface area contributed by atoms with E-state index in [1.165, 1.54) is 0 Å². The van der Waals surface area contributed by atoms with Crippen LogP contribution < -0.4 is 20.1 Å². The summed E-state index contributed by atoms with van der Waals surface area (Å²) in [6.45, 7) is 0. The Balaban J connectivity index is 1.64. The standard InChI is InChI=1S/C26H22N2O5/c1-31-22-13-12-16(14-23(22)32-2)20-15-19(27-28(20)17-8-4-3-5-9-17)24-25(29)18-10-6-7-11-21(18)33-26(24)30/h3-14,20,29H,15H2,1-2H3. The summed E-state index contributed by atoms with van der Waals surface area (Å²) in [5.74, 6) is 1.10. The molecule has 1 atom stereocenters. The summed E-state index contributed by atoms with van der Waals surface area (Å²) in [5, 5.41) is 18.0. The molecule has 0 spiro atoms. The molecule has 0 fully saturated rings. The Morgan fingerprint density at radius 2 is 1.70 bits per heavy atom. The van der Waals surface area contributed by atoms with Gasteiger partial charge in [0.1, 0.15) is 16.9 Å². The number of ether oxygens (including phenoxy) is 2. The maximum Gasteiger partial charge on any atom is 0.349 e. The molecule has 7 heteroatoms. The van der Waals surface area contributed by atoms with Gasteiger partial charge in [-0.15, -0.1) is 0 Å². The van der Waals surface area contributed by atoms with Gasteiger partial charge < -0.3 is 19.0 Å². The van der Waals surface area contributed by atoms with Crippen molar-refractivity contribution in [3.63, 3.8) is 0 Å². The molecule has 1 aliphatic heterocycles. The minimum atomic E-state index is -0.620. The van der Waals surface area contributed by atoms with Gasteiger partial charge in [0.25, 0.3) is 0 Å². The molecule has 0 saturated heterocycles. The van der Waals surface area contributed by atoms with Crippen molar-refractivity contribution in [2.45, 2.75) is 12.5 Å². The van der Waals surface area contributed by atoms with Gasteiger partial charge in [0.05, 0.1) is 37.0 Å². The van der Waals surface area contributed by atoms with E-state index in [1.54, 1.807) is 38.5 Å². The highest BCUT2D eigenvalue weighted by Crippen LogP contribution is 2.40. The zero-order valence-corrected chi connectivity index (χ0v) is 18.2. The lowest BCUT2D eigenvalue weighted by Crippen LogP contribution is -2.18. The maximum atomic E-state index is 12.8. The van der Waals surface area contributed by atoms with Crippen molar-refractivity contribution < 1.29 is 19.0 Å². The average Bonchev–Trinajstić information content (AvgIpc) is 3.29. The molecule has 0 saturated carbocycles. The molecule has 0 radical (unpaired) electrons. The van der Waals surface area contributed by atoms with Crippen molar-refractivity contribution in [1.82, 2.24) is 0 Å². The number of rotatable bonds is 5. The van der Waals surface area contributed by atoms with Crippen molar-refractivity contribution in [3.8, 4) is 17.2 Å². The Kier molecular flexibility index (Phi) is 5.22. The highest BCUT2D eigenvalue weighted by atomic mass is 16.5. The van der Waals surface area contributed by atoms with Crippen LogP contribution in [0.15, 0.2) is 87.1 Å². The summed E-state index contributed by atoms with van der Waals surface area (Å²) in [6, 6.07) is 22.0. The number of nitrogens with zero attached hydrogens (tertiary/aromatic N) is 2. The van der Waals surface area contributed by atoms with Crippen molar-refractivity contribution in [2.75, 3.05) is 19.2 Å². The van der Waals surface area contributed by atoms with E-state index in [0.717, 1.165) is 11.3 Å². The molecule has 33 heavy (non-hydrogen) atoms. The predicted octanol–water partition coefficient (Wildman–Crippen LogP) is 4.87. The zero-order chi connectivity index (χ0) is 22.9. The number of aromatic hydroxyl groups is 1. The van der Waals surface area contributed by atoms with Gasteiger partial charge in [0, 0.05) is 6.42 Å². The topological polar surface area (TPSA) is 84.5 Å². The molecule has 0 bridgehead atoms. The van der Waals surface area contributed by atoms with E-state index < -0.39 is 5.63 Å². The third kappa shape index (κ3) is 3.57. The number of hydrazone groups is 1. The fraction of sp³-hybridized carbons (Fsp3) is 0.154. The van der Waals surface area contributed by atoms with E-state index >= 15 is 0 Å². The van der Waals surface area contributed by atoms with Crippen LogP contribution in [0.2, 0.25) is 0 Å². The van der Waals surface area contributed by atoms with E-state index in [-0.39, 0.29) is 17.4 Å². The first-order valence-corrected chi connectivity index (χ1v) is 10.5. The molecule has 1 unspecified atom stereocenters. The fourth-order valence-electron chi connectivity index (χ4n) is 4.19. The van der Waals surface area contributed by atoms with Gasteiger partial charge in [0.2, 0.25) is 0 Å². The number of hydrogen-bond donors (Lipinski definition) is 1. The first kappa shape index (κ1) is 20.6. The second kappa shape index (κ2) is 8.35. The number of benzene rings is 3. The molecule has 1 aromatic heterocycles. The number of anilines is 1. The Morgan fingerprint density at radius 3 is 2.45 bits per heavy atom. The second-order valence-corrected chi connectivity index (χ2v) is 7.67. The minimum absolute atomic E-state index is 0.0811. The Labute approximate surface area is 190 Å². The second-order valence-electron chi connectivity index (χ2n) is 7.67. The predicted molar refractivity (Wildman–Crippen MR) is 127 cm³/mol. The summed E-state index contributed by atoms with van der Waals surface area (Å²) in [7, 11) is 3.18. The van der Waals surface area contributed by atoms with Gasteiger partial charge >= 0.3 is 5.63 Å². The molecule has 0 amide bonds. The number of fused-ring (bicyclic) bond motifs is 1. The molecule has 3 aromatic carbocycles. The normalized spacial score (nSPS) is 15.5. The molecule has 1 aliphatic rings. The van der Waals surface area contributed by atoms with Crippen LogP contribution in [0, 0.1) is 0 Å². The van der Waals surface area contributed by atoms with E-state index in [2.05, 4.69) is 0 Å². The van der Waals surface area contributed by atoms with Crippen molar-refractivity contribution in [3.05, 3.63) is 94.3 Å². The fourth-order valence-corrected chi connectivity index (χ4v) is 4.19. The Hall–Kier alpha value is -4.26. The highest BCUT2D eigenvalue weighted by molar-refractivity contribution is 6.08. The molecule has 1 N–H and O–H groups in total. The maximum absolute atomic E-state index is 12.8. The van der Waals surface area contributed by atoms with E-state index in [9.17, 15) is 9.90 Å². The lowest BCUT2D eigenvalue weighted by atomic mass is 9.97. The molecular formula is C26H22N2O5. The largest absolute Gasteiger partial charge is 0.506 e. The summed E-state index contributed by atoms with van der Waals surface area (Å²) < 4.78 is 16.3. The summed E-state index contributed by atoms with van der Waals surface area (Å²) in [5.41, 5.74) is 2.04. The van der Waals surface area contributed by atoms with Gasteiger partial charge in [-0.3, -0.25) is 5.01 Å². The number of hydrogen-bond acceptors (Lipinski definition) is 7. The molecule has 7 nitrogen and oxygen atoms in total. The van der Waals surface area contributed by atoms with Crippen molar-refractivity contribution >= 4 is 22.4 Å². The van der Waals surface area contributed by atoms with E-state index in [1.807, 2.05) is 53.5 Å². The van der Waals surface area contributed by atoms with E-state index in [4.69, 9.17) is 19.0 Å². The van der Waals surface area contributed by atoms with Gasteiger partial charge in [-0.1, -0.05) is 36.4 Å². The lowest BCUT2D eigenvalue weighted by Gasteiger charge is -2.24. The van der Waals surface area contributed by atoms with E-state index in [0.29, 0.717) is 34.6 Å². The number of methoxy groups -OCH3 is 2. The highest BCUT2D eigenvalue weighted by Gasteiger charge is 2.33. The van der Waals surface area contributed by atoms with Crippen LogP contribution in [0.1, 0.15) is 23.6 Å². The van der Waals surface area contributed by atoms with Gasteiger partial charge in [0.15, 0.2) is 11.5 Å². The first-order valence-electron chi connectivity index (χ1n) is 10.5. The van der Waals surface area contributed by atoms with Crippen LogP contribution >= 0.6 is 0 Å². The number of para-hydroxylation sites is 2. The molecule has 5 rings (SSSR count). The summed E-state index contributed by atoms with van der Waals surface area (Å²) in [4.78, 5) is 12.8. The van der Waals surface area contributed by atoms with Crippen LogP contribution in [0.3, 0.4) is 0 Å². The van der Waals surface area contributed by atoms with Crippen LogP contribution in [0.25, 0.3) is 11.0 Å². The molecule has 2 heterocycles. The van der Waals surface area contributed by atoms with Gasteiger partial charge in [-0.2, -0.15) is 5.10 Å². The smallest absolute Gasteiger partial charge is 0.349 e. The van der Waals surface area contributed by atoms with Crippen LogP contribution in [0.5, 0.6) is 17.2 Å². The molecule has 0 aliphatic carbocycles. The third-order valence-electron chi connectivity index (χ3n) is 5.80. The Morgan fingerprint density at radius 1 is 0.970 bits per heavy atom. The van der Waals surface area contributed by atoms with Gasteiger partial charge in [-0.05, 0) is 42.0 Å². The van der Waals surface area contributed by atoms with Crippen LogP contribution in [-0.4, -0.2) is 25.0 Å². The van der Waals surface area contributed by atoms with Crippen LogP contribution in [-0.2, 0) is 0 Å². The summed E-state index contributed by atoms with van der Waals surface area (Å²) >= 11 is 0. The SMILES string of the molecule is COc1ccc(C2CC(c3c(O)c4ccccc4oc3=O)=NN2c2ccccc2)cc1OC. The molecule has 166 valence electrons. The van der Waals surface area contributed by atoms with Crippen molar-refractivity contribution in [1.29, 1.82) is 0 Å². The summed E-state index contributed by atoms with van der Waals surface area (Å²) in [6.07, 6.45) is 0.390.